The molecule has 0 bridgehead atoms. The Kier molecular flexibility index (Phi) is 6.25. The maximum atomic E-state index is 12.8. The lowest BCUT2D eigenvalue weighted by Crippen LogP contribution is -2.51. The van der Waals surface area contributed by atoms with Crippen LogP contribution in [0.2, 0.25) is 0 Å². The average molecular weight is 401 g/mol. The molecule has 0 radical (unpaired) electrons. The topological polar surface area (TPSA) is 66.5 Å². The molecule has 2 heterocycles. The van der Waals surface area contributed by atoms with E-state index in [1.165, 1.54) is 15.6 Å². The summed E-state index contributed by atoms with van der Waals surface area (Å²) in [5.41, 5.74) is -0.211. The summed E-state index contributed by atoms with van der Waals surface area (Å²) >= 11 is 1.28. The van der Waals surface area contributed by atoms with Crippen LogP contribution in [0.25, 0.3) is 0 Å². The highest BCUT2D eigenvalue weighted by atomic mass is 32.2. The molecule has 148 valence electrons. The first-order chi connectivity index (χ1) is 11.8. The van der Waals surface area contributed by atoms with Gasteiger partial charge in [0.05, 0.1) is 5.92 Å². The third-order valence-corrected chi connectivity index (χ3v) is 7.83. The Hall–Kier alpha value is -0.920. The lowest BCUT2D eigenvalue weighted by molar-refractivity contribution is -0.128. The predicted octanol–water partition coefficient (Wildman–Crippen LogP) is 3.79. The minimum atomic E-state index is -3.51. The molecule has 1 aromatic rings. The first-order valence-corrected chi connectivity index (χ1v) is 11.4. The fraction of sp³-hybridized carbons (Fsp3) is 0.737. The molecule has 0 spiro atoms. The second-order valence-corrected chi connectivity index (χ2v) is 12.6. The van der Waals surface area contributed by atoms with Crippen LogP contribution in [0.3, 0.4) is 0 Å². The van der Waals surface area contributed by atoms with Crippen LogP contribution in [0.4, 0.5) is 0 Å². The van der Waals surface area contributed by atoms with E-state index >= 15 is 0 Å². The van der Waals surface area contributed by atoms with Crippen LogP contribution in [-0.4, -0.2) is 37.3 Å². The summed E-state index contributed by atoms with van der Waals surface area (Å²) in [6, 6.07) is 3.48. The summed E-state index contributed by atoms with van der Waals surface area (Å²) in [6.45, 7) is 13.2. The van der Waals surface area contributed by atoms with Gasteiger partial charge in [-0.15, -0.1) is 11.3 Å². The summed E-state index contributed by atoms with van der Waals surface area (Å²) in [7, 11) is -3.51. The van der Waals surface area contributed by atoms with Crippen molar-refractivity contribution in [1.82, 2.24) is 9.62 Å². The van der Waals surface area contributed by atoms with Gasteiger partial charge in [0, 0.05) is 23.5 Å². The van der Waals surface area contributed by atoms with Crippen molar-refractivity contribution in [2.24, 2.45) is 11.3 Å². The molecule has 1 aliphatic rings. The highest BCUT2D eigenvalue weighted by molar-refractivity contribution is 7.91. The van der Waals surface area contributed by atoms with Gasteiger partial charge < -0.3 is 5.32 Å². The van der Waals surface area contributed by atoms with Gasteiger partial charge in [0.25, 0.3) is 10.0 Å². The second-order valence-electron chi connectivity index (χ2n) is 9.18. The highest BCUT2D eigenvalue weighted by Gasteiger charge is 2.36. The van der Waals surface area contributed by atoms with Crippen molar-refractivity contribution in [2.45, 2.75) is 70.6 Å². The van der Waals surface area contributed by atoms with E-state index in [1.807, 2.05) is 26.8 Å². The Morgan fingerprint density at radius 1 is 1.27 bits per heavy atom. The largest absolute Gasteiger partial charge is 0.351 e. The Morgan fingerprint density at radius 3 is 2.46 bits per heavy atom. The van der Waals surface area contributed by atoms with Gasteiger partial charge in [-0.25, -0.2) is 8.42 Å². The van der Waals surface area contributed by atoms with Gasteiger partial charge in [0.2, 0.25) is 5.91 Å². The number of aryl methyl sites for hydroxylation is 1. The number of sulfonamides is 1. The van der Waals surface area contributed by atoms with Crippen LogP contribution in [0.1, 0.15) is 58.8 Å². The first-order valence-electron chi connectivity index (χ1n) is 9.19. The molecule has 0 saturated carbocycles. The zero-order chi connectivity index (χ0) is 19.8. The van der Waals surface area contributed by atoms with Crippen molar-refractivity contribution in [3.8, 4) is 0 Å². The molecule has 5 nitrogen and oxygen atoms in total. The number of hydrogen-bond acceptors (Lipinski definition) is 4. The number of piperidine rings is 1. The molecular formula is C19H32N2O3S2. The van der Waals surface area contributed by atoms with Gasteiger partial charge in [-0.3, -0.25) is 4.79 Å². The quantitative estimate of drug-likeness (QED) is 0.818. The smallest absolute Gasteiger partial charge is 0.252 e. The van der Waals surface area contributed by atoms with Crippen molar-refractivity contribution in [2.75, 3.05) is 13.1 Å². The molecule has 7 heteroatoms. The van der Waals surface area contributed by atoms with E-state index in [2.05, 4.69) is 26.1 Å². The molecule has 1 saturated heterocycles. The molecule has 1 atom stereocenters. The number of rotatable bonds is 5. The van der Waals surface area contributed by atoms with E-state index in [1.54, 1.807) is 6.07 Å². The third kappa shape index (κ3) is 5.54. The predicted molar refractivity (Wildman–Crippen MR) is 107 cm³/mol. The van der Waals surface area contributed by atoms with E-state index in [9.17, 15) is 13.2 Å². The van der Waals surface area contributed by atoms with Crippen LogP contribution in [0.5, 0.6) is 0 Å². The standard InChI is InChI=1S/C19H32N2O3S2/c1-14-9-10-16(25-14)26(23,24)21-11-7-8-15(12-21)17(22)20-19(5,6)13-18(2,3)4/h9-10,15H,7-8,11-13H2,1-6H3,(H,20,22). The maximum Gasteiger partial charge on any atom is 0.252 e. The number of amides is 1. The number of carbonyl (C=O) groups excluding carboxylic acids is 1. The summed E-state index contributed by atoms with van der Waals surface area (Å²) in [4.78, 5) is 13.8. The summed E-state index contributed by atoms with van der Waals surface area (Å²) < 4.78 is 27.5. The molecular weight excluding hydrogens is 368 g/mol. The molecule has 0 aromatic carbocycles. The lowest BCUT2D eigenvalue weighted by Gasteiger charge is -2.36. The Balaban J connectivity index is 2.07. The third-order valence-electron chi connectivity index (χ3n) is 4.50. The molecule has 1 N–H and O–H groups in total. The molecule has 1 aromatic heterocycles. The second kappa shape index (κ2) is 7.60. The minimum Gasteiger partial charge on any atom is -0.351 e. The Morgan fingerprint density at radius 2 is 1.92 bits per heavy atom. The summed E-state index contributed by atoms with van der Waals surface area (Å²) in [5.74, 6) is -0.333. The van der Waals surface area contributed by atoms with E-state index in [0.29, 0.717) is 17.2 Å². The number of hydrogen-bond donors (Lipinski definition) is 1. The molecule has 2 rings (SSSR count). The molecule has 1 amide bonds. The molecule has 26 heavy (non-hydrogen) atoms. The number of carbonyl (C=O) groups is 1. The van der Waals surface area contributed by atoms with Crippen LogP contribution >= 0.6 is 11.3 Å². The number of nitrogens with one attached hydrogen (secondary N) is 1. The molecule has 0 aliphatic carbocycles. The van der Waals surface area contributed by atoms with Crippen LogP contribution in [-0.2, 0) is 14.8 Å². The van der Waals surface area contributed by atoms with E-state index < -0.39 is 10.0 Å². The van der Waals surface area contributed by atoms with Gasteiger partial charge in [0.1, 0.15) is 4.21 Å². The van der Waals surface area contributed by atoms with Crippen molar-refractivity contribution in [3.05, 3.63) is 17.0 Å². The SMILES string of the molecule is Cc1ccc(S(=O)(=O)N2CCCC(C(=O)NC(C)(C)CC(C)(C)C)C2)s1. The zero-order valence-corrected chi connectivity index (χ0v) is 18.4. The highest BCUT2D eigenvalue weighted by Crippen LogP contribution is 2.30. The van der Waals surface area contributed by atoms with Gasteiger partial charge >= 0.3 is 0 Å². The number of thiophene rings is 1. The fourth-order valence-corrected chi connectivity index (χ4v) is 6.82. The zero-order valence-electron chi connectivity index (χ0n) is 16.8. The Bertz CT molecular complexity index is 745. The van der Waals surface area contributed by atoms with Gasteiger partial charge in [-0.1, -0.05) is 20.8 Å². The maximum absolute atomic E-state index is 12.8. The van der Waals surface area contributed by atoms with E-state index in [-0.39, 0.29) is 29.3 Å². The van der Waals surface area contributed by atoms with E-state index in [0.717, 1.165) is 17.7 Å². The normalized spacial score (nSPS) is 20.2. The van der Waals surface area contributed by atoms with Crippen molar-refractivity contribution in [1.29, 1.82) is 0 Å². The van der Waals surface area contributed by atoms with Crippen molar-refractivity contribution in [3.63, 3.8) is 0 Å². The summed E-state index contributed by atoms with van der Waals surface area (Å²) in [6.07, 6.45) is 2.29. The van der Waals surface area contributed by atoms with Crippen molar-refractivity contribution < 1.29 is 13.2 Å². The van der Waals surface area contributed by atoms with Crippen LogP contribution < -0.4 is 5.32 Å². The van der Waals surface area contributed by atoms with Gasteiger partial charge in [-0.2, -0.15) is 4.31 Å². The van der Waals surface area contributed by atoms with Crippen LogP contribution in [0.15, 0.2) is 16.3 Å². The molecule has 1 aliphatic heterocycles. The van der Waals surface area contributed by atoms with Gasteiger partial charge in [-0.05, 0) is 57.6 Å². The monoisotopic (exact) mass is 400 g/mol. The molecule has 1 fully saturated rings. The molecule has 1 unspecified atom stereocenters. The van der Waals surface area contributed by atoms with Gasteiger partial charge in [0.15, 0.2) is 0 Å². The van der Waals surface area contributed by atoms with E-state index in [4.69, 9.17) is 0 Å². The fourth-order valence-electron chi connectivity index (χ4n) is 3.86. The average Bonchev–Trinajstić information content (AvgIpc) is 2.91. The number of nitrogens with zero attached hydrogens (tertiary/aromatic N) is 1. The minimum absolute atomic E-state index is 0.0403. The Labute approximate surface area is 162 Å². The van der Waals surface area contributed by atoms with Crippen molar-refractivity contribution >= 4 is 27.3 Å². The first kappa shape index (κ1) is 21.4. The van der Waals surface area contributed by atoms with Crippen LogP contribution in [0, 0.1) is 18.3 Å². The summed E-state index contributed by atoms with van der Waals surface area (Å²) in [5, 5.41) is 3.14. The lowest BCUT2D eigenvalue weighted by atomic mass is 9.81.